The Kier molecular flexibility index (Phi) is 7.74. The van der Waals surface area contributed by atoms with Gasteiger partial charge in [0.2, 0.25) is 5.91 Å². The van der Waals surface area contributed by atoms with Crippen molar-refractivity contribution in [1.82, 2.24) is 10.3 Å². The highest BCUT2D eigenvalue weighted by Gasteiger charge is 2.42. The molecule has 1 aliphatic rings. The molecule has 1 saturated carbocycles. The summed E-state index contributed by atoms with van der Waals surface area (Å²) in [5.74, 6) is -1.29. The number of rotatable bonds is 9. The van der Waals surface area contributed by atoms with Gasteiger partial charge in [-0.1, -0.05) is 48.7 Å². The highest BCUT2D eigenvalue weighted by Crippen LogP contribution is 2.41. The van der Waals surface area contributed by atoms with Crippen LogP contribution in [0.3, 0.4) is 0 Å². The first-order valence-electron chi connectivity index (χ1n) is 10.8. The van der Waals surface area contributed by atoms with Crippen LogP contribution in [0.1, 0.15) is 43.2 Å². The van der Waals surface area contributed by atoms with Crippen LogP contribution in [0.4, 0.5) is 0 Å². The maximum Gasteiger partial charge on any atom is 0.326 e. The number of halogens is 1. The van der Waals surface area contributed by atoms with Crippen molar-refractivity contribution in [2.75, 3.05) is 13.7 Å². The molecule has 1 amide bonds. The Morgan fingerprint density at radius 3 is 2.50 bits per heavy atom. The van der Waals surface area contributed by atoms with Crippen LogP contribution in [-0.4, -0.2) is 41.7 Å². The molecule has 1 heterocycles. The molecular weight excluding hydrogens is 432 g/mol. The van der Waals surface area contributed by atoms with Crippen LogP contribution in [0.25, 0.3) is 11.1 Å². The van der Waals surface area contributed by atoms with Gasteiger partial charge in [0, 0.05) is 26.3 Å². The number of aliphatic carboxylic acids is 1. The van der Waals surface area contributed by atoms with E-state index >= 15 is 0 Å². The fourth-order valence-electron chi connectivity index (χ4n) is 4.44. The molecule has 0 radical (unpaired) electrons. The van der Waals surface area contributed by atoms with E-state index in [1.54, 1.807) is 38.3 Å². The number of nitrogens with one attached hydrogen (secondary N) is 2. The Morgan fingerprint density at radius 1 is 1.25 bits per heavy atom. The molecule has 1 aromatic heterocycles. The van der Waals surface area contributed by atoms with E-state index in [9.17, 15) is 19.5 Å². The van der Waals surface area contributed by atoms with E-state index in [2.05, 4.69) is 10.3 Å². The molecule has 0 aliphatic heterocycles. The van der Waals surface area contributed by atoms with Crippen molar-refractivity contribution in [2.24, 2.45) is 5.41 Å². The number of pyridine rings is 1. The first kappa shape index (κ1) is 24.0. The van der Waals surface area contributed by atoms with E-state index in [-0.39, 0.29) is 17.9 Å². The van der Waals surface area contributed by atoms with E-state index in [0.717, 1.165) is 31.2 Å². The van der Waals surface area contributed by atoms with Crippen molar-refractivity contribution in [1.29, 1.82) is 0 Å². The van der Waals surface area contributed by atoms with E-state index in [1.165, 1.54) is 6.20 Å². The maximum absolute atomic E-state index is 13.0. The summed E-state index contributed by atoms with van der Waals surface area (Å²) < 4.78 is 5.17. The summed E-state index contributed by atoms with van der Waals surface area (Å²) in [6.07, 6.45) is 5.60. The third-order valence-corrected chi connectivity index (χ3v) is 6.80. The minimum atomic E-state index is -1.08. The Balaban J connectivity index is 1.76. The molecule has 1 atom stereocenters. The highest BCUT2D eigenvalue weighted by molar-refractivity contribution is 6.31. The summed E-state index contributed by atoms with van der Waals surface area (Å²) in [6, 6.07) is 6.04. The maximum atomic E-state index is 13.0. The molecule has 3 rings (SSSR count). The number of ether oxygens (including phenoxy) is 1. The van der Waals surface area contributed by atoms with Crippen LogP contribution in [0.5, 0.6) is 0 Å². The van der Waals surface area contributed by atoms with Crippen molar-refractivity contribution < 1.29 is 19.4 Å². The van der Waals surface area contributed by atoms with Gasteiger partial charge in [0.25, 0.3) is 5.56 Å². The molecule has 1 fully saturated rings. The van der Waals surface area contributed by atoms with Crippen LogP contribution >= 0.6 is 11.6 Å². The number of carboxylic acid groups (broad SMARTS) is 1. The second kappa shape index (κ2) is 10.3. The van der Waals surface area contributed by atoms with E-state index in [0.29, 0.717) is 34.7 Å². The number of methoxy groups -OCH3 is 1. The third kappa shape index (κ3) is 5.22. The van der Waals surface area contributed by atoms with Gasteiger partial charge in [0.05, 0.1) is 16.0 Å². The molecular formula is C24H29ClN2O5. The molecule has 3 N–H and O–H groups in total. The summed E-state index contributed by atoms with van der Waals surface area (Å²) in [5.41, 5.74) is 1.79. The largest absolute Gasteiger partial charge is 0.480 e. The number of amides is 1. The zero-order valence-electron chi connectivity index (χ0n) is 18.4. The fraction of sp³-hybridized carbons (Fsp3) is 0.458. The first-order valence-corrected chi connectivity index (χ1v) is 11.1. The molecule has 0 saturated heterocycles. The number of H-pyrrole nitrogens is 1. The van der Waals surface area contributed by atoms with E-state index < -0.39 is 17.4 Å². The Morgan fingerprint density at radius 2 is 1.91 bits per heavy atom. The van der Waals surface area contributed by atoms with Gasteiger partial charge >= 0.3 is 5.97 Å². The Hall–Kier alpha value is -2.64. The monoisotopic (exact) mass is 460 g/mol. The lowest BCUT2D eigenvalue weighted by Gasteiger charge is -2.29. The number of aromatic amines is 1. The number of hydrogen-bond donors (Lipinski definition) is 3. The van der Waals surface area contributed by atoms with Crippen LogP contribution in [-0.2, 0) is 20.7 Å². The standard InChI is InChI=1S/C24H29ClN2O5/c1-15-18(25)14-26-21(28)20(15)17-7-5-16(6-8-17)13-19(22(29)30)27-23(31)24(11-12-32-2)9-3-4-10-24/h5-8,14,19H,3-4,9-13H2,1-2H3,(H,26,28)(H,27,31)(H,29,30)/t19-/m0/s1. The second-order valence-corrected chi connectivity index (χ2v) is 8.87. The first-order chi connectivity index (χ1) is 15.3. The number of aromatic nitrogens is 1. The number of hydrogen-bond acceptors (Lipinski definition) is 4. The minimum Gasteiger partial charge on any atom is -0.480 e. The quantitative estimate of drug-likeness (QED) is 0.528. The third-order valence-electron chi connectivity index (χ3n) is 6.40. The van der Waals surface area contributed by atoms with Crippen LogP contribution in [0.2, 0.25) is 5.02 Å². The van der Waals surface area contributed by atoms with Crippen molar-refractivity contribution >= 4 is 23.5 Å². The van der Waals surface area contributed by atoms with Crippen molar-refractivity contribution in [3.63, 3.8) is 0 Å². The predicted octanol–water partition coefficient (Wildman–Crippen LogP) is 3.71. The average Bonchev–Trinajstić information content (AvgIpc) is 3.26. The van der Waals surface area contributed by atoms with Gasteiger partial charge in [0.15, 0.2) is 0 Å². The van der Waals surface area contributed by atoms with E-state index in [4.69, 9.17) is 16.3 Å². The SMILES string of the molecule is COCCC1(C(=O)N[C@@H](Cc2ccc(-c3c(C)c(Cl)c[nH]c3=O)cc2)C(=O)O)CCCC1. The normalized spacial score (nSPS) is 16.0. The number of benzene rings is 1. The van der Waals surface area contributed by atoms with Crippen LogP contribution < -0.4 is 10.9 Å². The second-order valence-electron chi connectivity index (χ2n) is 8.46. The molecule has 0 spiro atoms. The molecule has 2 aromatic rings. The van der Waals surface area contributed by atoms with Gasteiger partial charge in [0.1, 0.15) is 6.04 Å². The molecule has 8 heteroatoms. The molecule has 172 valence electrons. The van der Waals surface area contributed by atoms with Crippen LogP contribution in [0.15, 0.2) is 35.3 Å². The van der Waals surface area contributed by atoms with Crippen molar-refractivity contribution in [2.45, 2.75) is 51.5 Å². The summed E-state index contributed by atoms with van der Waals surface area (Å²) in [7, 11) is 1.60. The molecule has 0 unspecified atom stereocenters. The predicted molar refractivity (Wildman–Crippen MR) is 123 cm³/mol. The lowest BCUT2D eigenvalue weighted by atomic mass is 9.81. The summed E-state index contributed by atoms with van der Waals surface area (Å²) in [6.45, 7) is 2.24. The average molecular weight is 461 g/mol. The lowest BCUT2D eigenvalue weighted by Crippen LogP contribution is -2.49. The van der Waals surface area contributed by atoms with Gasteiger partial charge < -0.3 is 20.1 Å². The van der Waals surface area contributed by atoms with Gasteiger partial charge in [-0.05, 0) is 42.9 Å². The zero-order valence-corrected chi connectivity index (χ0v) is 19.1. The number of carbonyl (C=O) groups excluding carboxylic acids is 1. The van der Waals surface area contributed by atoms with Gasteiger partial charge in [-0.15, -0.1) is 0 Å². The van der Waals surface area contributed by atoms with Crippen molar-refractivity contribution in [3.8, 4) is 11.1 Å². The van der Waals surface area contributed by atoms with Crippen LogP contribution in [0, 0.1) is 12.3 Å². The summed E-state index contributed by atoms with van der Waals surface area (Å²) in [4.78, 5) is 39.8. The number of carbonyl (C=O) groups is 2. The Bertz CT molecular complexity index is 1030. The molecule has 32 heavy (non-hydrogen) atoms. The lowest BCUT2D eigenvalue weighted by molar-refractivity contribution is -0.144. The van der Waals surface area contributed by atoms with E-state index in [1.807, 2.05) is 0 Å². The molecule has 0 bridgehead atoms. The molecule has 1 aromatic carbocycles. The highest BCUT2D eigenvalue weighted by atomic mass is 35.5. The topological polar surface area (TPSA) is 108 Å². The van der Waals surface area contributed by atoms with Crippen molar-refractivity contribution in [3.05, 3.63) is 57.0 Å². The fourth-order valence-corrected chi connectivity index (χ4v) is 4.59. The summed E-state index contributed by atoms with van der Waals surface area (Å²) >= 11 is 6.13. The number of carboxylic acids is 1. The smallest absolute Gasteiger partial charge is 0.326 e. The molecule has 1 aliphatic carbocycles. The van der Waals surface area contributed by atoms with Gasteiger partial charge in [-0.25, -0.2) is 4.79 Å². The zero-order chi connectivity index (χ0) is 23.3. The Labute approximate surface area is 192 Å². The summed E-state index contributed by atoms with van der Waals surface area (Å²) in [5, 5.41) is 12.9. The molecule has 7 nitrogen and oxygen atoms in total. The van der Waals surface area contributed by atoms with Gasteiger partial charge in [-0.3, -0.25) is 9.59 Å². The van der Waals surface area contributed by atoms with Gasteiger partial charge in [-0.2, -0.15) is 0 Å². The minimum absolute atomic E-state index is 0.145.